The Hall–Kier alpha value is -2.86. The molecular weight excluding hydrogens is 377 g/mol. The van der Waals surface area contributed by atoms with Crippen molar-refractivity contribution in [2.45, 2.75) is 19.3 Å². The maximum atomic E-state index is 13.3. The SMILES string of the molecule is CCOc1ccc([C@H]2CC(=O)Nc3c(-c4ccc(F)cc4)csc32)cc1OC. The zero-order chi connectivity index (χ0) is 19.7. The molecule has 4 rings (SSSR count). The summed E-state index contributed by atoms with van der Waals surface area (Å²) in [6.45, 7) is 2.48. The smallest absolute Gasteiger partial charge is 0.225 e. The van der Waals surface area contributed by atoms with Crippen LogP contribution in [0.25, 0.3) is 11.1 Å². The Bertz CT molecular complexity index is 1010. The lowest BCUT2D eigenvalue weighted by Gasteiger charge is -2.24. The van der Waals surface area contributed by atoms with E-state index >= 15 is 0 Å². The number of benzene rings is 2. The van der Waals surface area contributed by atoms with E-state index in [1.807, 2.05) is 30.5 Å². The number of hydrogen-bond donors (Lipinski definition) is 1. The highest BCUT2D eigenvalue weighted by Gasteiger charge is 2.31. The van der Waals surface area contributed by atoms with Gasteiger partial charge in [0.15, 0.2) is 11.5 Å². The summed E-state index contributed by atoms with van der Waals surface area (Å²) in [7, 11) is 1.61. The fraction of sp³-hybridized carbons (Fsp3) is 0.227. The first kappa shape index (κ1) is 18.5. The lowest BCUT2D eigenvalue weighted by Crippen LogP contribution is -2.22. The largest absolute Gasteiger partial charge is 0.493 e. The van der Waals surface area contributed by atoms with Gasteiger partial charge >= 0.3 is 0 Å². The highest BCUT2D eigenvalue weighted by molar-refractivity contribution is 7.11. The molecule has 1 atom stereocenters. The molecule has 28 heavy (non-hydrogen) atoms. The fourth-order valence-corrected chi connectivity index (χ4v) is 4.67. The van der Waals surface area contributed by atoms with E-state index in [1.165, 1.54) is 12.1 Å². The average molecular weight is 397 g/mol. The van der Waals surface area contributed by atoms with Crippen molar-refractivity contribution in [2.75, 3.05) is 19.0 Å². The van der Waals surface area contributed by atoms with Crippen LogP contribution in [0.4, 0.5) is 10.1 Å². The van der Waals surface area contributed by atoms with Gasteiger partial charge < -0.3 is 14.8 Å². The molecule has 0 bridgehead atoms. The number of halogens is 1. The summed E-state index contributed by atoms with van der Waals surface area (Å²) >= 11 is 1.60. The molecule has 0 radical (unpaired) electrons. The van der Waals surface area contributed by atoms with Gasteiger partial charge in [-0.2, -0.15) is 0 Å². The number of hydrogen-bond acceptors (Lipinski definition) is 4. The van der Waals surface area contributed by atoms with Crippen molar-refractivity contribution in [1.82, 2.24) is 0 Å². The van der Waals surface area contributed by atoms with Gasteiger partial charge in [-0.1, -0.05) is 18.2 Å². The molecule has 1 amide bonds. The second-order valence-electron chi connectivity index (χ2n) is 6.54. The lowest BCUT2D eigenvalue weighted by molar-refractivity contribution is -0.116. The number of rotatable bonds is 5. The molecule has 2 aromatic carbocycles. The lowest BCUT2D eigenvalue weighted by atomic mass is 9.89. The Morgan fingerprint density at radius 3 is 2.68 bits per heavy atom. The minimum Gasteiger partial charge on any atom is -0.493 e. The molecule has 1 N–H and O–H groups in total. The summed E-state index contributed by atoms with van der Waals surface area (Å²) in [5.41, 5.74) is 3.61. The van der Waals surface area contributed by atoms with Crippen LogP contribution in [-0.2, 0) is 4.79 Å². The molecule has 4 nitrogen and oxygen atoms in total. The van der Waals surface area contributed by atoms with E-state index in [-0.39, 0.29) is 17.6 Å². The third-order valence-electron chi connectivity index (χ3n) is 4.84. The van der Waals surface area contributed by atoms with Crippen LogP contribution < -0.4 is 14.8 Å². The molecule has 0 saturated carbocycles. The van der Waals surface area contributed by atoms with Gasteiger partial charge in [0.05, 0.1) is 19.4 Å². The molecule has 0 aliphatic carbocycles. The van der Waals surface area contributed by atoms with E-state index < -0.39 is 0 Å². The van der Waals surface area contributed by atoms with E-state index in [4.69, 9.17) is 9.47 Å². The van der Waals surface area contributed by atoms with Crippen molar-refractivity contribution in [3.63, 3.8) is 0 Å². The third kappa shape index (κ3) is 3.36. The Morgan fingerprint density at radius 2 is 1.96 bits per heavy atom. The average Bonchev–Trinajstić information content (AvgIpc) is 3.12. The predicted molar refractivity (Wildman–Crippen MR) is 109 cm³/mol. The molecular formula is C22H20FNO3S. The fourth-order valence-electron chi connectivity index (χ4n) is 3.51. The van der Waals surface area contributed by atoms with Crippen LogP contribution in [0.1, 0.15) is 29.7 Å². The first-order valence-electron chi connectivity index (χ1n) is 9.08. The van der Waals surface area contributed by atoms with Crippen LogP contribution in [0.3, 0.4) is 0 Å². The van der Waals surface area contributed by atoms with Crippen LogP contribution in [-0.4, -0.2) is 19.6 Å². The van der Waals surface area contributed by atoms with Crippen molar-refractivity contribution in [3.05, 3.63) is 64.1 Å². The third-order valence-corrected chi connectivity index (χ3v) is 5.93. The Morgan fingerprint density at radius 1 is 1.18 bits per heavy atom. The minimum absolute atomic E-state index is 0.0351. The first-order valence-corrected chi connectivity index (χ1v) is 9.96. The number of amides is 1. The van der Waals surface area contributed by atoms with Gasteiger partial charge in [0.2, 0.25) is 5.91 Å². The van der Waals surface area contributed by atoms with E-state index in [0.29, 0.717) is 24.5 Å². The summed E-state index contributed by atoms with van der Waals surface area (Å²) < 4.78 is 24.4. The molecule has 0 fully saturated rings. The maximum absolute atomic E-state index is 13.3. The molecule has 0 unspecified atom stereocenters. The van der Waals surface area contributed by atoms with Crippen LogP contribution >= 0.6 is 11.3 Å². The second kappa shape index (κ2) is 7.64. The summed E-state index contributed by atoms with van der Waals surface area (Å²) in [6, 6.07) is 12.1. The number of thiophene rings is 1. The molecule has 0 spiro atoms. The van der Waals surface area contributed by atoms with Gasteiger partial charge in [0, 0.05) is 28.2 Å². The highest BCUT2D eigenvalue weighted by Crippen LogP contribution is 2.47. The summed E-state index contributed by atoms with van der Waals surface area (Å²) in [5.74, 6) is 0.963. The van der Waals surface area contributed by atoms with E-state index in [9.17, 15) is 9.18 Å². The van der Waals surface area contributed by atoms with Gasteiger partial charge in [-0.05, 0) is 42.3 Å². The van der Waals surface area contributed by atoms with Crippen molar-refractivity contribution < 1.29 is 18.7 Å². The van der Waals surface area contributed by atoms with Crippen molar-refractivity contribution in [1.29, 1.82) is 0 Å². The summed E-state index contributed by atoms with van der Waals surface area (Å²) in [4.78, 5) is 13.5. The highest BCUT2D eigenvalue weighted by atomic mass is 32.1. The molecule has 1 aliphatic heterocycles. The topological polar surface area (TPSA) is 47.6 Å². The quantitative estimate of drug-likeness (QED) is 0.624. The van der Waals surface area contributed by atoms with Crippen LogP contribution in [0.5, 0.6) is 11.5 Å². The Labute approximate surface area is 166 Å². The van der Waals surface area contributed by atoms with Crippen molar-refractivity contribution in [2.24, 2.45) is 0 Å². The minimum atomic E-state index is -0.281. The molecule has 1 aliphatic rings. The number of methoxy groups -OCH3 is 1. The number of nitrogens with one attached hydrogen (secondary N) is 1. The van der Waals surface area contributed by atoms with E-state index in [2.05, 4.69) is 5.32 Å². The standard InChI is InChI=1S/C22H20FNO3S/c1-3-27-18-9-6-14(10-19(18)26-2)16-11-20(25)24-21-17(12-28-22(16)21)13-4-7-15(23)8-5-13/h4-10,12,16H,3,11H2,1-2H3,(H,24,25)/t16-/m1/s1. The summed E-state index contributed by atoms with van der Waals surface area (Å²) in [6.07, 6.45) is 0.369. The van der Waals surface area contributed by atoms with Crippen LogP contribution in [0.2, 0.25) is 0 Å². The predicted octanol–water partition coefficient (Wildman–Crippen LogP) is 5.44. The number of fused-ring (bicyclic) bond motifs is 1. The van der Waals surface area contributed by atoms with Gasteiger partial charge in [0.1, 0.15) is 5.82 Å². The van der Waals surface area contributed by atoms with Crippen LogP contribution in [0, 0.1) is 5.82 Å². The maximum Gasteiger partial charge on any atom is 0.225 e. The number of carbonyl (C=O) groups excluding carboxylic acids is 1. The normalized spacial score (nSPS) is 15.7. The monoisotopic (exact) mass is 397 g/mol. The van der Waals surface area contributed by atoms with E-state index in [1.54, 1.807) is 30.6 Å². The number of carbonyl (C=O) groups is 1. The van der Waals surface area contributed by atoms with Gasteiger partial charge in [-0.15, -0.1) is 11.3 Å². The number of anilines is 1. The first-order chi connectivity index (χ1) is 13.6. The molecule has 1 aromatic heterocycles. The second-order valence-corrected chi connectivity index (χ2v) is 7.45. The van der Waals surface area contributed by atoms with Crippen molar-refractivity contribution in [3.8, 4) is 22.6 Å². The van der Waals surface area contributed by atoms with Crippen molar-refractivity contribution >= 4 is 22.9 Å². The Kier molecular flexibility index (Phi) is 5.05. The Balaban J connectivity index is 1.76. The van der Waals surface area contributed by atoms with Crippen LogP contribution in [0.15, 0.2) is 47.8 Å². The zero-order valence-corrected chi connectivity index (χ0v) is 16.4. The molecule has 6 heteroatoms. The number of ether oxygens (including phenoxy) is 2. The van der Waals surface area contributed by atoms with Gasteiger partial charge in [0.25, 0.3) is 0 Å². The molecule has 0 saturated heterocycles. The molecule has 2 heterocycles. The molecule has 3 aromatic rings. The van der Waals surface area contributed by atoms with E-state index in [0.717, 1.165) is 27.3 Å². The van der Waals surface area contributed by atoms with Gasteiger partial charge in [-0.3, -0.25) is 4.79 Å². The van der Waals surface area contributed by atoms with Gasteiger partial charge in [-0.25, -0.2) is 4.39 Å². The molecule has 144 valence electrons. The zero-order valence-electron chi connectivity index (χ0n) is 15.6. The summed E-state index contributed by atoms with van der Waals surface area (Å²) in [5, 5.41) is 5.02.